The third kappa shape index (κ3) is 8.83. The van der Waals surface area contributed by atoms with E-state index in [2.05, 4.69) is 4.99 Å². The summed E-state index contributed by atoms with van der Waals surface area (Å²) in [5.41, 5.74) is 0. The predicted molar refractivity (Wildman–Crippen MR) is 58.7 cm³/mol. The van der Waals surface area contributed by atoms with Crippen molar-refractivity contribution in [2.45, 2.75) is 13.3 Å². The van der Waals surface area contributed by atoms with Gasteiger partial charge in [0, 0.05) is 41.7 Å². The molecule has 0 bridgehead atoms. The van der Waals surface area contributed by atoms with Crippen molar-refractivity contribution in [1.29, 1.82) is 0 Å². The fourth-order valence-electron chi connectivity index (χ4n) is 0.800. The molecule has 0 rings (SSSR count). The van der Waals surface area contributed by atoms with Crippen LogP contribution in [-0.2, 0) is 4.79 Å². The van der Waals surface area contributed by atoms with E-state index < -0.39 is 5.97 Å². The van der Waals surface area contributed by atoms with Gasteiger partial charge in [-0.1, -0.05) is 6.92 Å². The van der Waals surface area contributed by atoms with Gasteiger partial charge in [-0.15, -0.1) is 0 Å². The lowest BCUT2D eigenvalue weighted by Gasteiger charge is -2.21. The molecule has 0 amide bonds. The van der Waals surface area contributed by atoms with Crippen LogP contribution < -0.4 is 0 Å². The van der Waals surface area contributed by atoms with Crippen LogP contribution in [0.4, 0.5) is 0 Å². The Morgan fingerprint density at radius 2 is 1.50 bits per heavy atom. The molecule has 0 aliphatic heterocycles. The molecule has 0 atom stereocenters. The molecule has 0 spiro atoms. The molecule has 0 saturated carbocycles. The Morgan fingerprint density at radius 3 is 1.50 bits per heavy atom. The quantitative estimate of drug-likeness (QED) is 0.500. The van der Waals surface area contributed by atoms with Crippen LogP contribution in [0.2, 0.25) is 0 Å². The Kier molecular flexibility index (Phi) is 9.07. The number of aliphatic carboxylic acids is 1. The van der Waals surface area contributed by atoms with Crippen LogP contribution in [0.1, 0.15) is 13.3 Å². The van der Waals surface area contributed by atoms with E-state index in [1.165, 1.54) is 0 Å². The van der Waals surface area contributed by atoms with Crippen molar-refractivity contribution < 1.29 is 9.90 Å². The summed E-state index contributed by atoms with van der Waals surface area (Å²) in [6, 6.07) is 0. The van der Waals surface area contributed by atoms with Crippen LogP contribution in [-0.4, -0.2) is 62.1 Å². The van der Waals surface area contributed by atoms with Crippen molar-refractivity contribution in [2.24, 2.45) is 4.99 Å². The monoisotopic (exact) mass is 203 g/mol. The van der Waals surface area contributed by atoms with Gasteiger partial charge in [0.05, 0.1) is 0 Å². The lowest BCUT2D eigenvalue weighted by Crippen LogP contribution is -2.35. The molecule has 0 saturated heterocycles. The molecule has 5 nitrogen and oxygen atoms in total. The van der Waals surface area contributed by atoms with Crippen molar-refractivity contribution in [3.05, 3.63) is 0 Å². The molecular weight excluding hydrogens is 182 g/mol. The second-order valence-corrected chi connectivity index (χ2v) is 3.06. The molecule has 14 heavy (non-hydrogen) atoms. The van der Waals surface area contributed by atoms with Crippen LogP contribution in [0.5, 0.6) is 0 Å². The number of guanidine groups is 1. The Hall–Kier alpha value is -1.26. The second kappa shape index (κ2) is 8.34. The van der Waals surface area contributed by atoms with Crippen molar-refractivity contribution in [3.8, 4) is 0 Å². The third-order valence-corrected chi connectivity index (χ3v) is 1.30. The van der Waals surface area contributed by atoms with Gasteiger partial charge in [0.15, 0.2) is 5.96 Å². The molecule has 0 aromatic heterocycles. The second-order valence-electron chi connectivity index (χ2n) is 3.06. The van der Waals surface area contributed by atoms with Crippen LogP contribution >= 0.6 is 0 Å². The van der Waals surface area contributed by atoms with E-state index in [4.69, 9.17) is 5.11 Å². The van der Waals surface area contributed by atoms with Gasteiger partial charge in [0.2, 0.25) is 0 Å². The molecule has 0 unspecified atom stereocenters. The van der Waals surface area contributed by atoms with Gasteiger partial charge in [0.25, 0.3) is 0 Å². The number of aliphatic imine (C=N–C) groups is 1. The first-order chi connectivity index (χ1) is 6.36. The molecule has 0 radical (unpaired) electrons. The van der Waals surface area contributed by atoms with E-state index in [1.807, 2.05) is 38.0 Å². The molecule has 0 fully saturated rings. The number of nitrogens with zero attached hydrogens (tertiary/aromatic N) is 3. The average Bonchev–Trinajstić information content (AvgIpc) is 2.05. The molecule has 5 heteroatoms. The number of hydrogen-bond acceptors (Lipinski definition) is 2. The molecule has 0 aliphatic carbocycles. The summed E-state index contributed by atoms with van der Waals surface area (Å²) >= 11 is 0. The maximum Gasteiger partial charge on any atom is 0.303 e. The summed E-state index contributed by atoms with van der Waals surface area (Å²) in [7, 11) is 9.69. The minimum absolute atomic E-state index is 0.222. The zero-order valence-electron chi connectivity index (χ0n) is 9.90. The van der Waals surface area contributed by atoms with Crippen molar-refractivity contribution >= 4 is 11.9 Å². The Morgan fingerprint density at radius 1 is 1.21 bits per heavy atom. The highest BCUT2D eigenvalue weighted by Gasteiger charge is 1.99. The summed E-state index contributed by atoms with van der Waals surface area (Å²) in [5.74, 6) is 0.236. The van der Waals surface area contributed by atoms with E-state index in [-0.39, 0.29) is 6.42 Å². The van der Waals surface area contributed by atoms with E-state index >= 15 is 0 Å². The van der Waals surface area contributed by atoms with E-state index in [1.54, 1.807) is 14.0 Å². The van der Waals surface area contributed by atoms with Gasteiger partial charge in [-0.3, -0.25) is 9.79 Å². The number of carboxylic acids is 1. The fourth-order valence-corrected chi connectivity index (χ4v) is 0.800. The summed E-state index contributed by atoms with van der Waals surface area (Å²) in [6.45, 7) is 1.60. The van der Waals surface area contributed by atoms with Gasteiger partial charge in [-0.2, -0.15) is 0 Å². The molecule has 0 aromatic rings. The van der Waals surface area contributed by atoms with Gasteiger partial charge in [-0.05, 0) is 0 Å². The van der Waals surface area contributed by atoms with Gasteiger partial charge in [-0.25, -0.2) is 0 Å². The molecule has 0 aromatic carbocycles. The maximum atomic E-state index is 9.37. The average molecular weight is 203 g/mol. The highest BCUT2D eigenvalue weighted by molar-refractivity contribution is 5.78. The van der Waals surface area contributed by atoms with Gasteiger partial charge < -0.3 is 14.9 Å². The Labute approximate surface area is 86.0 Å². The predicted octanol–water partition coefficient (Wildman–Crippen LogP) is 0.576. The normalized spacial score (nSPS) is 8.14. The van der Waals surface area contributed by atoms with Crippen molar-refractivity contribution in [3.63, 3.8) is 0 Å². The maximum absolute atomic E-state index is 9.37. The summed E-state index contributed by atoms with van der Waals surface area (Å²) in [5, 5.41) is 7.72. The number of carboxylic acid groups (broad SMARTS) is 1. The van der Waals surface area contributed by atoms with Crippen LogP contribution in [0.3, 0.4) is 0 Å². The molecule has 1 N–H and O–H groups in total. The minimum atomic E-state index is -0.745. The topological polar surface area (TPSA) is 56.1 Å². The standard InChI is InChI=1S/C6H15N3.C3H6O2/c1-7-6(8(2)3)9(4)5;1-2-3(4)5/h1-5H3;2H2,1H3,(H,4,5). The summed E-state index contributed by atoms with van der Waals surface area (Å²) < 4.78 is 0. The zero-order valence-corrected chi connectivity index (χ0v) is 9.90. The molecule has 84 valence electrons. The van der Waals surface area contributed by atoms with Crippen molar-refractivity contribution in [1.82, 2.24) is 9.80 Å². The van der Waals surface area contributed by atoms with Crippen molar-refractivity contribution in [2.75, 3.05) is 35.2 Å². The first-order valence-electron chi connectivity index (χ1n) is 4.40. The Balaban J connectivity index is 0. The van der Waals surface area contributed by atoms with Crippen LogP contribution in [0, 0.1) is 0 Å². The lowest BCUT2D eigenvalue weighted by atomic mass is 10.5. The van der Waals surface area contributed by atoms with E-state index in [9.17, 15) is 4.79 Å². The highest BCUT2D eigenvalue weighted by atomic mass is 16.4. The minimum Gasteiger partial charge on any atom is -0.481 e. The molecular formula is C9H21N3O2. The van der Waals surface area contributed by atoms with Crippen LogP contribution in [0.25, 0.3) is 0 Å². The first-order valence-corrected chi connectivity index (χ1v) is 4.40. The number of rotatable bonds is 1. The molecule has 0 aliphatic rings. The fraction of sp³-hybridized carbons (Fsp3) is 0.778. The third-order valence-electron chi connectivity index (χ3n) is 1.30. The van der Waals surface area contributed by atoms with Gasteiger partial charge in [0.1, 0.15) is 0 Å². The van der Waals surface area contributed by atoms with Crippen LogP contribution in [0.15, 0.2) is 4.99 Å². The first kappa shape index (κ1) is 15.2. The highest BCUT2D eigenvalue weighted by Crippen LogP contribution is 1.85. The smallest absolute Gasteiger partial charge is 0.303 e. The van der Waals surface area contributed by atoms with E-state index in [0.29, 0.717) is 0 Å². The number of carbonyl (C=O) groups is 1. The largest absolute Gasteiger partial charge is 0.481 e. The lowest BCUT2D eigenvalue weighted by molar-refractivity contribution is -0.136. The van der Waals surface area contributed by atoms with Gasteiger partial charge >= 0.3 is 5.97 Å². The zero-order chi connectivity index (χ0) is 11.7. The summed E-state index contributed by atoms with van der Waals surface area (Å²) in [6.07, 6.45) is 0.222. The Bertz CT molecular complexity index is 178. The summed E-state index contributed by atoms with van der Waals surface area (Å²) in [4.78, 5) is 17.4. The SMILES string of the molecule is CCC(=O)O.CN=C(N(C)C)N(C)C. The number of hydrogen-bond donors (Lipinski definition) is 1. The molecule has 0 heterocycles. The van der Waals surface area contributed by atoms with E-state index in [0.717, 1.165) is 5.96 Å².